The topological polar surface area (TPSA) is 163 Å². The number of alkyl halides is 3. The lowest BCUT2D eigenvalue weighted by Crippen LogP contribution is -2.34. The van der Waals surface area contributed by atoms with Gasteiger partial charge in [-0.1, -0.05) is 6.07 Å². The zero-order valence-corrected chi connectivity index (χ0v) is 28.4. The van der Waals surface area contributed by atoms with Crippen LogP contribution in [0.25, 0.3) is 11.0 Å². The first-order chi connectivity index (χ1) is 25.3. The molecule has 0 fully saturated rings. The molecular weight excluding hydrogens is 702 g/mol. The molecule has 0 aliphatic carbocycles. The number of carbonyl (C=O) groups is 3. The number of imidazole rings is 1. The fourth-order valence-electron chi connectivity index (χ4n) is 5.03. The molecular formula is C36H33F4N7O6. The van der Waals surface area contributed by atoms with E-state index in [1.54, 1.807) is 60.7 Å². The Hall–Kier alpha value is -6.52. The van der Waals surface area contributed by atoms with Crippen LogP contribution in [0, 0.1) is 5.82 Å². The number of nitrogens with two attached hydrogens (primary N) is 1. The molecule has 5 rings (SSSR count). The van der Waals surface area contributed by atoms with Crippen LogP contribution in [0.2, 0.25) is 0 Å². The Morgan fingerprint density at radius 2 is 1.74 bits per heavy atom. The highest BCUT2D eigenvalue weighted by Gasteiger charge is 2.27. The molecule has 0 atom stereocenters. The highest BCUT2D eigenvalue weighted by molar-refractivity contribution is 6.07. The van der Waals surface area contributed by atoms with Crippen LogP contribution in [-0.4, -0.2) is 64.8 Å². The average molecular weight is 736 g/mol. The van der Waals surface area contributed by atoms with Crippen LogP contribution in [0.15, 0.2) is 90.1 Å². The Morgan fingerprint density at radius 3 is 2.43 bits per heavy atom. The Morgan fingerprint density at radius 1 is 0.981 bits per heavy atom. The van der Waals surface area contributed by atoms with Crippen LogP contribution < -0.4 is 25.4 Å². The number of rotatable bonds is 13. The van der Waals surface area contributed by atoms with Crippen LogP contribution in [0.5, 0.6) is 11.5 Å². The highest BCUT2D eigenvalue weighted by Crippen LogP contribution is 2.28. The van der Waals surface area contributed by atoms with E-state index in [9.17, 15) is 31.9 Å². The van der Waals surface area contributed by atoms with Crippen molar-refractivity contribution in [1.29, 1.82) is 0 Å². The number of hydrogen-bond donors (Lipinski definition) is 2. The number of hydrogen-bond acceptors (Lipinski definition) is 9. The number of amidine groups is 1. The summed E-state index contributed by atoms with van der Waals surface area (Å²) in [5.74, 6) is -0.957. The molecule has 0 unspecified atom stereocenters. The van der Waals surface area contributed by atoms with Gasteiger partial charge in [0.05, 0.1) is 37.5 Å². The molecule has 0 aliphatic rings. The third kappa shape index (κ3) is 10.1. The number of carbonyl (C=O) groups excluding carboxylic acids is 3. The number of pyridine rings is 1. The van der Waals surface area contributed by atoms with Crippen molar-refractivity contribution < 1.29 is 46.2 Å². The largest absolute Gasteiger partial charge is 0.493 e. The van der Waals surface area contributed by atoms with Gasteiger partial charge >= 0.3 is 18.2 Å². The molecule has 0 saturated heterocycles. The van der Waals surface area contributed by atoms with E-state index in [-0.39, 0.29) is 36.8 Å². The summed E-state index contributed by atoms with van der Waals surface area (Å²) in [6, 6.07) is 20.1. The quantitative estimate of drug-likeness (QED) is 0.0471. The summed E-state index contributed by atoms with van der Waals surface area (Å²) >= 11 is 0. The van der Waals surface area contributed by atoms with Crippen LogP contribution >= 0.6 is 0 Å². The molecule has 0 spiro atoms. The van der Waals surface area contributed by atoms with Crippen molar-refractivity contribution in [3.63, 3.8) is 0 Å². The summed E-state index contributed by atoms with van der Waals surface area (Å²) in [6.07, 6.45) is -5.70. The van der Waals surface area contributed by atoms with E-state index in [2.05, 4.69) is 20.0 Å². The minimum atomic E-state index is -4.46. The van der Waals surface area contributed by atoms with Crippen molar-refractivity contribution >= 4 is 46.3 Å². The molecule has 0 radical (unpaired) electrons. The lowest BCUT2D eigenvalue weighted by atomic mass is 10.1. The van der Waals surface area contributed by atoms with Crippen molar-refractivity contribution in [2.45, 2.75) is 25.6 Å². The molecule has 5 aromatic rings. The van der Waals surface area contributed by atoms with E-state index in [0.717, 1.165) is 11.6 Å². The maximum absolute atomic E-state index is 13.9. The molecule has 0 saturated carbocycles. The molecule has 17 heteroatoms. The van der Waals surface area contributed by atoms with Crippen LogP contribution in [0.3, 0.4) is 0 Å². The van der Waals surface area contributed by atoms with Crippen molar-refractivity contribution in [1.82, 2.24) is 14.5 Å². The minimum Gasteiger partial charge on any atom is -0.493 e. The maximum Gasteiger partial charge on any atom is 0.435 e. The van der Waals surface area contributed by atoms with Crippen molar-refractivity contribution in [2.75, 3.05) is 30.5 Å². The van der Waals surface area contributed by atoms with E-state index >= 15 is 0 Å². The molecule has 13 nitrogen and oxygen atoms in total. The zero-order chi connectivity index (χ0) is 38.1. The van der Waals surface area contributed by atoms with Gasteiger partial charge in [0.2, 0.25) is 0 Å². The molecule has 2 heterocycles. The van der Waals surface area contributed by atoms with Gasteiger partial charge in [-0.2, -0.15) is 18.2 Å². The van der Waals surface area contributed by atoms with E-state index in [1.165, 1.54) is 30.3 Å². The number of aryl methyl sites for hydroxylation is 1. The molecule has 2 aromatic heterocycles. The van der Waals surface area contributed by atoms with E-state index in [4.69, 9.17) is 20.2 Å². The molecule has 3 aromatic carbocycles. The molecule has 0 aliphatic heterocycles. The van der Waals surface area contributed by atoms with Gasteiger partial charge in [-0.15, -0.1) is 0 Å². The lowest BCUT2D eigenvalue weighted by molar-refractivity contribution is -0.141. The summed E-state index contributed by atoms with van der Waals surface area (Å²) in [4.78, 5) is 52.2. The predicted molar refractivity (Wildman–Crippen MR) is 186 cm³/mol. The number of amides is 2. The number of halogens is 4. The Balaban J connectivity index is 1.24. The van der Waals surface area contributed by atoms with Crippen molar-refractivity contribution in [2.24, 2.45) is 17.8 Å². The van der Waals surface area contributed by atoms with Gasteiger partial charge < -0.3 is 29.8 Å². The van der Waals surface area contributed by atoms with Gasteiger partial charge in [-0.05, 0) is 66.7 Å². The van der Waals surface area contributed by atoms with Crippen LogP contribution in [0.1, 0.15) is 34.6 Å². The maximum atomic E-state index is 13.9. The summed E-state index contributed by atoms with van der Waals surface area (Å²) in [5, 5.41) is 3.23. The number of ether oxygens (including phenoxy) is 3. The summed E-state index contributed by atoms with van der Waals surface area (Å²) in [7, 11) is 3.18. The van der Waals surface area contributed by atoms with E-state index < -0.39 is 43.0 Å². The van der Waals surface area contributed by atoms with Gasteiger partial charge in [0, 0.05) is 42.7 Å². The first kappa shape index (κ1) is 37.7. The standard InChI is InChI=1S/C36H33F4N7O6/c1-46-27-12-8-23(34(49)47(30-5-3-4-16-42-30)17-14-32(48)53-29-20-24(37)9-13-28(29)51-2)19-26(27)44-31(46)21-43-25-10-6-22(7-11-25)33(41)45-35(50)52-18-15-36(38,39)40/h3-13,16,19-20,43H,14-15,17-18,21H2,1-2H3,(H2,41,45,50). The second-order valence-electron chi connectivity index (χ2n) is 11.4. The van der Waals surface area contributed by atoms with Gasteiger partial charge in [-0.25, -0.2) is 19.2 Å². The number of aromatic nitrogens is 3. The SMILES string of the molecule is COc1ccc(F)cc1OC(=O)CCN(C(=O)c1ccc2c(c1)nc(CNc1ccc(/C(N)=N/C(=O)OCCC(F)(F)F)cc1)n2C)c1ccccn1. The van der Waals surface area contributed by atoms with Gasteiger partial charge in [0.25, 0.3) is 5.91 Å². The first-order valence-electron chi connectivity index (χ1n) is 16.0. The lowest BCUT2D eigenvalue weighted by Gasteiger charge is -2.21. The molecule has 0 bridgehead atoms. The van der Waals surface area contributed by atoms with Crippen molar-refractivity contribution in [3.05, 3.63) is 108 Å². The van der Waals surface area contributed by atoms with Gasteiger partial charge in [0.1, 0.15) is 29.9 Å². The summed E-state index contributed by atoms with van der Waals surface area (Å²) in [6.45, 7) is -0.675. The number of esters is 1. The predicted octanol–water partition coefficient (Wildman–Crippen LogP) is 6.16. The van der Waals surface area contributed by atoms with Gasteiger partial charge in [0.15, 0.2) is 11.5 Å². The third-order valence-electron chi connectivity index (χ3n) is 7.73. The number of fused-ring (bicyclic) bond motifs is 1. The monoisotopic (exact) mass is 735 g/mol. The highest BCUT2D eigenvalue weighted by atomic mass is 19.4. The number of aliphatic imine (C=N–C) groups is 1. The number of benzene rings is 3. The Labute approximate surface area is 300 Å². The molecule has 2 amide bonds. The molecule has 53 heavy (non-hydrogen) atoms. The molecule has 3 N–H and O–H groups in total. The summed E-state index contributed by atoms with van der Waals surface area (Å²) < 4.78 is 67.3. The number of nitrogens with one attached hydrogen (secondary N) is 1. The average Bonchev–Trinajstić information content (AvgIpc) is 3.45. The zero-order valence-electron chi connectivity index (χ0n) is 28.4. The van der Waals surface area contributed by atoms with Crippen LogP contribution in [-0.2, 0) is 23.1 Å². The fraction of sp³-hybridized carbons (Fsp3) is 0.222. The van der Waals surface area contributed by atoms with Crippen molar-refractivity contribution in [3.8, 4) is 11.5 Å². The first-order valence-corrected chi connectivity index (χ1v) is 16.0. The molecule has 276 valence electrons. The second kappa shape index (κ2) is 16.7. The Bertz CT molecular complexity index is 2120. The fourth-order valence-corrected chi connectivity index (χ4v) is 5.03. The third-order valence-corrected chi connectivity index (χ3v) is 7.73. The number of methoxy groups -OCH3 is 1. The van der Waals surface area contributed by atoms with E-state index in [0.29, 0.717) is 34.0 Å². The summed E-state index contributed by atoms with van der Waals surface area (Å²) in [5.41, 5.74) is 8.41. The number of anilines is 2. The number of nitrogens with zero attached hydrogens (tertiary/aromatic N) is 5. The van der Waals surface area contributed by atoms with E-state index in [1.807, 2.05) is 11.6 Å². The normalized spacial score (nSPS) is 11.6. The Kier molecular flexibility index (Phi) is 11.9. The van der Waals surface area contributed by atoms with Crippen LogP contribution in [0.4, 0.5) is 33.9 Å². The smallest absolute Gasteiger partial charge is 0.435 e. The minimum absolute atomic E-state index is 0.0855. The van der Waals surface area contributed by atoms with Gasteiger partial charge in [-0.3, -0.25) is 14.5 Å². The second-order valence-corrected chi connectivity index (χ2v) is 11.4.